The fourth-order valence-electron chi connectivity index (χ4n) is 1.51. The first-order valence-corrected chi connectivity index (χ1v) is 8.02. The highest BCUT2D eigenvalue weighted by molar-refractivity contribution is 7.90. The molecule has 0 heterocycles. The Morgan fingerprint density at radius 2 is 1.67 bits per heavy atom. The minimum absolute atomic E-state index is 0.0501. The van der Waals surface area contributed by atoms with Crippen LogP contribution in [0.1, 0.15) is 25.8 Å². The summed E-state index contributed by atoms with van der Waals surface area (Å²) in [6.07, 6.45) is -0.313. The zero-order valence-corrected chi connectivity index (χ0v) is 13.1. The summed E-state index contributed by atoms with van der Waals surface area (Å²) in [5.41, 5.74) is 0.939. The molecule has 0 fully saturated rings. The fourth-order valence-corrected chi connectivity index (χ4v) is 2.48. The van der Waals surface area contributed by atoms with E-state index in [9.17, 15) is 13.2 Å². The molecule has 0 unspecified atom stereocenters. The van der Waals surface area contributed by atoms with Crippen LogP contribution in [0.2, 0.25) is 0 Å². The van der Waals surface area contributed by atoms with Crippen LogP contribution in [0.3, 0.4) is 0 Å². The largest absolute Gasteiger partial charge is 0.480 e. The van der Waals surface area contributed by atoms with Crippen molar-refractivity contribution in [2.24, 2.45) is 4.40 Å². The third-order valence-electron chi connectivity index (χ3n) is 2.45. The smallest absolute Gasteiger partial charge is 0.315 e. The molecule has 116 valence electrons. The number of carbonyl (C=O) groups is 1. The number of benzene rings is 1. The summed E-state index contributed by atoms with van der Waals surface area (Å²) in [7, 11) is -3.90. The Morgan fingerprint density at radius 1 is 1.10 bits per heavy atom. The monoisotopic (exact) mass is 313 g/mol. The third kappa shape index (κ3) is 5.55. The van der Waals surface area contributed by atoms with Crippen LogP contribution in [0.15, 0.2) is 33.6 Å². The standard InChI is InChI=1S/C14H19NO5S/c1-4-19-13(10-14(16)20-5-2)15-21(17,18)12-8-6-11(3)7-9-12/h6-9H,4-5,10H2,1-3H3/b15-13-. The Bertz CT molecular complexity index is 605. The molecule has 0 bridgehead atoms. The van der Waals surface area contributed by atoms with E-state index in [1.54, 1.807) is 26.0 Å². The van der Waals surface area contributed by atoms with Gasteiger partial charge >= 0.3 is 5.97 Å². The summed E-state index contributed by atoms with van der Waals surface area (Å²) in [5, 5.41) is 0. The molecule has 6 nitrogen and oxygen atoms in total. The van der Waals surface area contributed by atoms with Crippen LogP contribution in [0, 0.1) is 6.92 Å². The maximum atomic E-state index is 12.1. The van der Waals surface area contributed by atoms with Crippen LogP contribution in [-0.4, -0.2) is 33.5 Å². The maximum absolute atomic E-state index is 12.1. The second-order valence-electron chi connectivity index (χ2n) is 4.19. The molecule has 0 N–H and O–H groups in total. The number of hydrogen-bond acceptors (Lipinski definition) is 5. The molecule has 7 heteroatoms. The summed E-state index contributed by atoms with van der Waals surface area (Å²) in [6.45, 7) is 5.62. The van der Waals surface area contributed by atoms with E-state index in [0.717, 1.165) is 5.56 Å². The van der Waals surface area contributed by atoms with E-state index in [1.807, 2.05) is 6.92 Å². The van der Waals surface area contributed by atoms with Gasteiger partial charge in [-0.15, -0.1) is 4.40 Å². The number of nitrogens with zero attached hydrogens (tertiary/aromatic N) is 1. The molecule has 0 aromatic heterocycles. The van der Waals surface area contributed by atoms with Crippen molar-refractivity contribution >= 4 is 21.9 Å². The Labute approximate surface area is 124 Å². The second kappa shape index (κ2) is 7.78. The summed E-state index contributed by atoms with van der Waals surface area (Å²) in [5.74, 6) is -0.750. The van der Waals surface area contributed by atoms with E-state index in [2.05, 4.69) is 4.40 Å². The lowest BCUT2D eigenvalue weighted by atomic mass is 10.2. The van der Waals surface area contributed by atoms with Crippen molar-refractivity contribution in [3.63, 3.8) is 0 Å². The Morgan fingerprint density at radius 3 is 2.19 bits per heavy atom. The molecular weight excluding hydrogens is 294 g/mol. The number of aryl methyl sites for hydroxylation is 1. The highest BCUT2D eigenvalue weighted by Crippen LogP contribution is 2.14. The molecule has 0 radical (unpaired) electrons. The first-order chi connectivity index (χ1) is 9.89. The summed E-state index contributed by atoms with van der Waals surface area (Å²) >= 11 is 0. The molecule has 0 saturated carbocycles. The quantitative estimate of drug-likeness (QED) is 0.456. The lowest BCUT2D eigenvalue weighted by Gasteiger charge is -2.07. The number of ether oxygens (including phenoxy) is 2. The van der Waals surface area contributed by atoms with Crippen molar-refractivity contribution < 1.29 is 22.7 Å². The third-order valence-corrected chi connectivity index (χ3v) is 3.76. The Hall–Kier alpha value is -1.89. The van der Waals surface area contributed by atoms with E-state index in [0.29, 0.717) is 0 Å². The molecule has 0 atom stereocenters. The van der Waals surface area contributed by atoms with Crippen molar-refractivity contribution in [3.05, 3.63) is 29.8 Å². The van der Waals surface area contributed by atoms with Gasteiger partial charge in [-0.2, -0.15) is 8.42 Å². The predicted octanol–water partition coefficient (Wildman–Crippen LogP) is 2.07. The van der Waals surface area contributed by atoms with Crippen molar-refractivity contribution in [2.45, 2.75) is 32.1 Å². The molecule has 0 aliphatic rings. The van der Waals surface area contributed by atoms with Crippen LogP contribution in [0.5, 0.6) is 0 Å². The van der Waals surface area contributed by atoms with Crippen molar-refractivity contribution in [2.75, 3.05) is 13.2 Å². The molecular formula is C14H19NO5S. The molecule has 1 rings (SSSR count). The number of sulfonamides is 1. The topological polar surface area (TPSA) is 82.0 Å². The lowest BCUT2D eigenvalue weighted by molar-refractivity contribution is -0.141. The van der Waals surface area contributed by atoms with E-state index in [-0.39, 0.29) is 30.4 Å². The first-order valence-electron chi connectivity index (χ1n) is 6.58. The minimum Gasteiger partial charge on any atom is -0.480 e. The highest BCUT2D eigenvalue weighted by Gasteiger charge is 2.17. The number of esters is 1. The van der Waals surface area contributed by atoms with Gasteiger partial charge in [0.15, 0.2) is 0 Å². The van der Waals surface area contributed by atoms with Gasteiger partial charge in [-0.25, -0.2) is 0 Å². The van der Waals surface area contributed by atoms with Crippen LogP contribution in [0.4, 0.5) is 0 Å². The van der Waals surface area contributed by atoms with Crippen LogP contribution in [0.25, 0.3) is 0 Å². The summed E-state index contributed by atoms with van der Waals surface area (Å²) < 4.78 is 37.8. The average molecular weight is 313 g/mol. The molecule has 1 aromatic rings. The van der Waals surface area contributed by atoms with Crippen LogP contribution >= 0.6 is 0 Å². The molecule has 0 aliphatic carbocycles. The highest BCUT2D eigenvalue weighted by atomic mass is 32.2. The van der Waals surface area contributed by atoms with Gasteiger partial charge in [0.1, 0.15) is 6.42 Å². The molecule has 0 spiro atoms. The lowest BCUT2D eigenvalue weighted by Crippen LogP contribution is -2.16. The number of hydrogen-bond donors (Lipinski definition) is 0. The van der Waals surface area contributed by atoms with Gasteiger partial charge in [0.2, 0.25) is 5.90 Å². The van der Waals surface area contributed by atoms with Gasteiger partial charge in [-0.3, -0.25) is 4.79 Å². The number of carbonyl (C=O) groups excluding carboxylic acids is 1. The second-order valence-corrected chi connectivity index (χ2v) is 5.79. The van der Waals surface area contributed by atoms with Crippen molar-refractivity contribution in [3.8, 4) is 0 Å². The maximum Gasteiger partial charge on any atom is 0.315 e. The molecule has 21 heavy (non-hydrogen) atoms. The summed E-state index contributed by atoms with van der Waals surface area (Å²) in [6, 6.07) is 6.27. The normalized spacial score (nSPS) is 12.0. The van der Waals surface area contributed by atoms with Gasteiger partial charge in [0.25, 0.3) is 10.0 Å². The predicted molar refractivity (Wildman–Crippen MR) is 78.7 cm³/mol. The zero-order valence-electron chi connectivity index (χ0n) is 12.3. The van der Waals surface area contributed by atoms with Gasteiger partial charge < -0.3 is 9.47 Å². The van der Waals surface area contributed by atoms with E-state index >= 15 is 0 Å². The van der Waals surface area contributed by atoms with Gasteiger partial charge in [0, 0.05) is 0 Å². The van der Waals surface area contributed by atoms with Gasteiger partial charge in [-0.05, 0) is 32.9 Å². The Balaban J connectivity index is 3.02. The Kier molecular flexibility index (Phi) is 6.36. The fraction of sp³-hybridized carbons (Fsp3) is 0.429. The SMILES string of the molecule is CCOC(=O)C/C(=N/S(=O)(=O)c1ccc(C)cc1)OCC. The van der Waals surface area contributed by atoms with Gasteiger partial charge in [0.05, 0.1) is 18.1 Å². The molecule has 1 aromatic carbocycles. The van der Waals surface area contributed by atoms with Crippen LogP contribution < -0.4 is 0 Å². The molecule has 0 saturated heterocycles. The first kappa shape index (κ1) is 17.2. The average Bonchev–Trinajstić information content (AvgIpc) is 2.39. The van der Waals surface area contributed by atoms with Gasteiger partial charge in [-0.1, -0.05) is 17.7 Å². The zero-order chi connectivity index (χ0) is 15.9. The minimum atomic E-state index is -3.90. The van der Waals surface area contributed by atoms with E-state index in [4.69, 9.17) is 9.47 Å². The van der Waals surface area contributed by atoms with E-state index < -0.39 is 16.0 Å². The number of rotatable bonds is 6. The van der Waals surface area contributed by atoms with Crippen LogP contribution in [-0.2, 0) is 24.3 Å². The van der Waals surface area contributed by atoms with Crippen molar-refractivity contribution in [1.29, 1.82) is 0 Å². The molecule has 0 aliphatic heterocycles. The van der Waals surface area contributed by atoms with E-state index in [1.165, 1.54) is 12.1 Å². The molecule has 0 amide bonds. The summed E-state index contributed by atoms with van der Waals surface area (Å²) in [4.78, 5) is 11.5. The van der Waals surface area contributed by atoms with Crippen molar-refractivity contribution in [1.82, 2.24) is 0 Å².